The van der Waals surface area contributed by atoms with E-state index in [0.29, 0.717) is 10.9 Å². The maximum absolute atomic E-state index is 11.0. The van der Waals surface area contributed by atoms with E-state index in [0.717, 1.165) is 13.5 Å². The lowest BCUT2D eigenvalue weighted by Gasteiger charge is -2.17. The second-order valence-electron chi connectivity index (χ2n) is 2.70. The molecule has 8 heteroatoms. The molecule has 0 aromatic heterocycles. The lowest BCUT2D eigenvalue weighted by Crippen LogP contribution is -2.43. The molecule has 0 spiro atoms. The van der Waals surface area contributed by atoms with Crippen molar-refractivity contribution in [2.24, 2.45) is 5.14 Å². The zero-order valence-corrected chi connectivity index (χ0v) is 9.62. The summed E-state index contributed by atoms with van der Waals surface area (Å²) < 4.78 is 31.6. The Morgan fingerprint density at radius 1 is 1.40 bits per heavy atom. The van der Waals surface area contributed by atoms with E-state index in [1.54, 1.807) is 0 Å². The number of hydrogen-bond acceptors (Lipinski definition) is 5. The van der Waals surface area contributed by atoms with E-state index in [1.807, 2.05) is 6.92 Å². The molecule has 0 aliphatic carbocycles. The van der Waals surface area contributed by atoms with Gasteiger partial charge in [0.15, 0.2) is 0 Å². The van der Waals surface area contributed by atoms with Gasteiger partial charge in [-0.2, -0.15) is 12.7 Å². The normalized spacial score (nSPS) is 11.1. The monoisotopic (exact) mass is 240 g/mol. The van der Waals surface area contributed by atoms with Crippen LogP contribution in [0.15, 0.2) is 0 Å². The fourth-order valence-electron chi connectivity index (χ4n) is 0.818. The molecule has 7 nitrogen and oxygen atoms in total. The van der Waals surface area contributed by atoms with Crippen LogP contribution in [0.5, 0.6) is 0 Å². The molecule has 0 atom stereocenters. The quantitative estimate of drug-likeness (QED) is 0.642. The maximum atomic E-state index is 11.0. The van der Waals surface area contributed by atoms with Crippen LogP contribution in [0, 0.1) is 0 Å². The van der Waals surface area contributed by atoms with Crippen molar-refractivity contribution in [2.75, 3.05) is 26.9 Å². The first-order chi connectivity index (χ1) is 6.93. The van der Waals surface area contributed by atoms with Crippen LogP contribution in [0.3, 0.4) is 0 Å². The minimum Gasteiger partial charge on any atom is -0.452 e. The fraction of sp³-hybridized carbons (Fsp3) is 0.857. The molecule has 2 N–H and O–H groups in total. The van der Waals surface area contributed by atoms with E-state index in [-0.39, 0.29) is 13.2 Å². The Morgan fingerprint density at radius 2 is 2.00 bits per heavy atom. The van der Waals surface area contributed by atoms with Gasteiger partial charge in [-0.1, -0.05) is 6.92 Å². The van der Waals surface area contributed by atoms with Crippen LogP contribution < -0.4 is 5.14 Å². The van der Waals surface area contributed by atoms with Crippen molar-refractivity contribution < 1.29 is 22.7 Å². The van der Waals surface area contributed by atoms with Crippen molar-refractivity contribution in [2.45, 2.75) is 13.3 Å². The third kappa shape index (κ3) is 5.55. The summed E-state index contributed by atoms with van der Waals surface area (Å²) in [6.45, 7) is 2.36. The second kappa shape index (κ2) is 6.59. The summed E-state index contributed by atoms with van der Waals surface area (Å²) in [5.74, 6) is 0. The molecule has 1 amide bonds. The average Bonchev–Trinajstić information content (AvgIpc) is 2.15. The molecule has 90 valence electrons. The zero-order chi connectivity index (χ0) is 11.9. The Kier molecular flexibility index (Phi) is 6.21. The number of amides is 1. The molecule has 0 fully saturated rings. The third-order valence-corrected chi connectivity index (χ3v) is 2.42. The van der Waals surface area contributed by atoms with Crippen LogP contribution in [0.1, 0.15) is 13.3 Å². The van der Waals surface area contributed by atoms with E-state index in [9.17, 15) is 13.2 Å². The van der Waals surface area contributed by atoms with E-state index >= 15 is 0 Å². The van der Waals surface area contributed by atoms with Gasteiger partial charge in [0.05, 0.1) is 20.3 Å². The van der Waals surface area contributed by atoms with E-state index in [2.05, 4.69) is 4.74 Å². The highest BCUT2D eigenvalue weighted by Gasteiger charge is 2.23. The first-order valence-electron chi connectivity index (χ1n) is 4.39. The van der Waals surface area contributed by atoms with Crippen molar-refractivity contribution in [3.05, 3.63) is 0 Å². The topological polar surface area (TPSA) is 98.9 Å². The van der Waals surface area contributed by atoms with Crippen LogP contribution in [0.2, 0.25) is 0 Å². The molecule has 0 rings (SSSR count). The van der Waals surface area contributed by atoms with Gasteiger partial charge in [-0.25, -0.2) is 9.93 Å². The van der Waals surface area contributed by atoms with E-state index in [4.69, 9.17) is 9.88 Å². The standard InChI is InChI=1S/C7H16N2O5S/c1-3-5-14-6-4-9(7(10)13-2)15(8,11)12/h3-6H2,1-2H3,(H2,8,11,12). The van der Waals surface area contributed by atoms with Gasteiger partial charge in [0.25, 0.3) is 0 Å². The second-order valence-corrected chi connectivity index (χ2v) is 4.17. The van der Waals surface area contributed by atoms with Crippen molar-refractivity contribution in [1.82, 2.24) is 4.31 Å². The Morgan fingerprint density at radius 3 is 2.40 bits per heavy atom. The van der Waals surface area contributed by atoms with Crippen LogP contribution in [0.25, 0.3) is 0 Å². The molecule has 0 unspecified atom stereocenters. The molecule has 0 aromatic carbocycles. The van der Waals surface area contributed by atoms with Crippen LogP contribution in [-0.4, -0.2) is 45.7 Å². The van der Waals surface area contributed by atoms with Gasteiger partial charge in [-0.3, -0.25) is 0 Å². The van der Waals surface area contributed by atoms with E-state index in [1.165, 1.54) is 0 Å². The Labute approximate surface area is 89.3 Å². The van der Waals surface area contributed by atoms with Gasteiger partial charge < -0.3 is 9.47 Å². The van der Waals surface area contributed by atoms with Gasteiger partial charge in [0, 0.05) is 6.61 Å². The molecule has 0 saturated carbocycles. The van der Waals surface area contributed by atoms with Crippen molar-refractivity contribution >= 4 is 16.3 Å². The van der Waals surface area contributed by atoms with Gasteiger partial charge in [0.2, 0.25) is 0 Å². The predicted molar refractivity (Wildman–Crippen MR) is 53.3 cm³/mol. The summed E-state index contributed by atoms with van der Waals surface area (Å²) in [4.78, 5) is 11.0. The Balaban J connectivity index is 4.22. The maximum Gasteiger partial charge on any atom is 0.424 e. The van der Waals surface area contributed by atoms with Crippen LogP contribution in [0.4, 0.5) is 4.79 Å². The third-order valence-electron chi connectivity index (χ3n) is 1.47. The molecule has 0 aliphatic heterocycles. The molecule has 0 saturated heterocycles. The number of ether oxygens (including phenoxy) is 2. The number of methoxy groups -OCH3 is 1. The summed E-state index contributed by atoms with van der Waals surface area (Å²) in [7, 11) is -3.01. The number of nitrogens with two attached hydrogens (primary N) is 1. The number of carbonyl (C=O) groups excluding carboxylic acids is 1. The van der Waals surface area contributed by atoms with Crippen molar-refractivity contribution in [1.29, 1.82) is 0 Å². The molecule has 0 heterocycles. The first kappa shape index (κ1) is 14.1. The summed E-state index contributed by atoms with van der Waals surface area (Å²) >= 11 is 0. The first-order valence-corrected chi connectivity index (χ1v) is 5.90. The molecule has 0 aliphatic rings. The predicted octanol–water partition coefficient (Wildman–Crippen LogP) is -0.315. The number of nitrogens with zero attached hydrogens (tertiary/aromatic N) is 1. The minimum atomic E-state index is -4.08. The van der Waals surface area contributed by atoms with Crippen molar-refractivity contribution in [3.63, 3.8) is 0 Å². The van der Waals surface area contributed by atoms with Gasteiger partial charge in [-0.15, -0.1) is 0 Å². The number of rotatable bonds is 6. The van der Waals surface area contributed by atoms with Gasteiger partial charge >= 0.3 is 16.3 Å². The Bertz CT molecular complexity index is 290. The highest BCUT2D eigenvalue weighted by Crippen LogP contribution is 1.98. The minimum absolute atomic E-state index is 0.0966. The fourth-order valence-corrected chi connectivity index (χ4v) is 1.43. The smallest absolute Gasteiger partial charge is 0.424 e. The zero-order valence-electron chi connectivity index (χ0n) is 8.80. The summed E-state index contributed by atoms with van der Waals surface area (Å²) in [5.41, 5.74) is 0. The van der Waals surface area contributed by atoms with Crippen molar-refractivity contribution in [3.8, 4) is 0 Å². The lowest BCUT2D eigenvalue weighted by molar-refractivity contribution is 0.109. The average molecular weight is 240 g/mol. The van der Waals surface area contributed by atoms with Crippen LogP contribution >= 0.6 is 0 Å². The van der Waals surface area contributed by atoms with Crippen LogP contribution in [-0.2, 0) is 19.7 Å². The molecular formula is C7H16N2O5S. The van der Waals surface area contributed by atoms with Gasteiger partial charge in [-0.05, 0) is 6.42 Å². The molecule has 0 radical (unpaired) electrons. The number of hydrogen-bond donors (Lipinski definition) is 1. The SMILES string of the molecule is CCCOCCN(C(=O)OC)S(N)(=O)=O. The summed E-state index contributed by atoms with van der Waals surface area (Å²) in [6, 6.07) is 0. The largest absolute Gasteiger partial charge is 0.452 e. The number of carbonyl (C=O) groups is 1. The Hall–Kier alpha value is -0.860. The molecule has 15 heavy (non-hydrogen) atoms. The van der Waals surface area contributed by atoms with E-state index < -0.39 is 16.3 Å². The highest BCUT2D eigenvalue weighted by atomic mass is 32.2. The highest BCUT2D eigenvalue weighted by molar-refractivity contribution is 7.87. The summed E-state index contributed by atoms with van der Waals surface area (Å²) in [5, 5.41) is 4.81. The summed E-state index contributed by atoms with van der Waals surface area (Å²) in [6.07, 6.45) is -0.203. The molecule has 0 bridgehead atoms. The molecule has 0 aromatic rings. The lowest BCUT2D eigenvalue weighted by atomic mass is 10.5. The molecular weight excluding hydrogens is 224 g/mol. The van der Waals surface area contributed by atoms with Gasteiger partial charge in [0.1, 0.15) is 0 Å².